The second kappa shape index (κ2) is 6.62. The molecule has 1 unspecified atom stereocenters. The maximum absolute atomic E-state index is 13.3. The molecule has 0 bridgehead atoms. The van der Waals surface area contributed by atoms with Crippen molar-refractivity contribution < 1.29 is 19.2 Å². The fourth-order valence-electron chi connectivity index (χ4n) is 2.72. The number of halogens is 1. The van der Waals surface area contributed by atoms with E-state index in [0.29, 0.717) is 25.1 Å². The summed E-state index contributed by atoms with van der Waals surface area (Å²) < 4.78 is 13.3. The summed E-state index contributed by atoms with van der Waals surface area (Å²) in [5.41, 5.74) is 0.282. The highest BCUT2D eigenvalue weighted by Gasteiger charge is 2.25. The average Bonchev–Trinajstić information content (AvgIpc) is 2.83. The highest BCUT2D eigenvalue weighted by atomic mass is 19.1. The molecule has 1 aromatic carbocycles. The van der Waals surface area contributed by atoms with Gasteiger partial charge in [0, 0.05) is 31.1 Å². The Bertz CT molecular complexity index is 550. The van der Waals surface area contributed by atoms with Crippen molar-refractivity contribution >= 4 is 11.7 Å². The summed E-state index contributed by atoms with van der Waals surface area (Å²) in [4.78, 5) is 23.0. The number of benzene rings is 1. The van der Waals surface area contributed by atoms with Crippen LogP contribution in [0.4, 0.5) is 10.1 Å². The number of hydrogen-bond donors (Lipinski definition) is 1. The Morgan fingerprint density at radius 2 is 2.29 bits per heavy atom. The summed E-state index contributed by atoms with van der Waals surface area (Å²) in [5.74, 6) is -1.01. The van der Waals surface area contributed by atoms with Crippen LogP contribution >= 0.6 is 0 Å². The van der Waals surface area contributed by atoms with Crippen molar-refractivity contribution in [3.8, 4) is 0 Å². The molecule has 1 aliphatic rings. The Morgan fingerprint density at radius 3 is 2.95 bits per heavy atom. The van der Waals surface area contributed by atoms with Gasteiger partial charge in [-0.05, 0) is 37.4 Å². The second-order valence-electron chi connectivity index (χ2n) is 5.35. The van der Waals surface area contributed by atoms with Gasteiger partial charge in [-0.15, -0.1) is 0 Å². The third-order valence-corrected chi connectivity index (χ3v) is 3.77. The molecule has 0 spiro atoms. The smallest absolute Gasteiger partial charge is 0.303 e. The van der Waals surface area contributed by atoms with Gasteiger partial charge in [0.2, 0.25) is 0 Å². The molecule has 0 radical (unpaired) electrons. The minimum atomic E-state index is -0.811. The third kappa shape index (κ3) is 4.22. The molecular weight excluding hydrogens is 279 g/mol. The second-order valence-corrected chi connectivity index (χ2v) is 5.35. The molecule has 0 amide bonds. The first-order chi connectivity index (χ1) is 9.95. The zero-order valence-electron chi connectivity index (χ0n) is 11.5. The molecule has 0 aliphatic carbocycles. The van der Waals surface area contributed by atoms with Gasteiger partial charge in [-0.25, -0.2) is 4.39 Å². The summed E-state index contributed by atoms with van der Waals surface area (Å²) in [6.45, 7) is 1.76. The van der Waals surface area contributed by atoms with E-state index in [0.717, 1.165) is 19.0 Å². The van der Waals surface area contributed by atoms with Crippen molar-refractivity contribution in [2.24, 2.45) is 5.92 Å². The maximum atomic E-state index is 13.3. The SMILES string of the molecule is O=C(O)CCC1CCN(Cc2cc(F)ccc2[N+](=O)[O-])C1. The van der Waals surface area contributed by atoms with Gasteiger partial charge in [-0.2, -0.15) is 0 Å². The fraction of sp³-hybridized carbons (Fsp3) is 0.500. The average molecular weight is 296 g/mol. The summed E-state index contributed by atoms with van der Waals surface area (Å²) in [6.07, 6.45) is 1.62. The lowest BCUT2D eigenvalue weighted by Crippen LogP contribution is -2.21. The van der Waals surface area contributed by atoms with E-state index in [1.165, 1.54) is 12.1 Å². The molecule has 1 aliphatic heterocycles. The van der Waals surface area contributed by atoms with E-state index in [-0.39, 0.29) is 18.0 Å². The summed E-state index contributed by atoms with van der Waals surface area (Å²) >= 11 is 0. The Kier molecular flexibility index (Phi) is 4.85. The van der Waals surface area contributed by atoms with E-state index in [9.17, 15) is 19.3 Å². The van der Waals surface area contributed by atoms with E-state index < -0.39 is 16.7 Å². The molecule has 1 saturated heterocycles. The van der Waals surface area contributed by atoms with E-state index >= 15 is 0 Å². The molecule has 2 rings (SSSR count). The van der Waals surface area contributed by atoms with Gasteiger partial charge >= 0.3 is 5.97 Å². The van der Waals surface area contributed by atoms with Crippen LogP contribution in [0.1, 0.15) is 24.8 Å². The topological polar surface area (TPSA) is 83.7 Å². The largest absolute Gasteiger partial charge is 0.481 e. The van der Waals surface area contributed by atoms with Crippen LogP contribution in [0.25, 0.3) is 0 Å². The summed E-state index contributed by atoms with van der Waals surface area (Å²) in [5, 5.41) is 19.6. The minimum absolute atomic E-state index is 0.0783. The highest BCUT2D eigenvalue weighted by molar-refractivity contribution is 5.66. The lowest BCUT2D eigenvalue weighted by Gasteiger charge is -2.16. The summed E-state index contributed by atoms with van der Waals surface area (Å²) in [7, 11) is 0. The molecule has 0 aromatic heterocycles. The normalized spacial score (nSPS) is 18.8. The quantitative estimate of drug-likeness (QED) is 0.644. The van der Waals surface area contributed by atoms with E-state index in [1.54, 1.807) is 0 Å². The first-order valence-electron chi connectivity index (χ1n) is 6.82. The Morgan fingerprint density at radius 1 is 1.52 bits per heavy atom. The molecule has 1 fully saturated rings. The molecule has 0 saturated carbocycles. The Labute approximate surface area is 121 Å². The van der Waals surface area contributed by atoms with E-state index in [2.05, 4.69) is 0 Å². The van der Waals surface area contributed by atoms with Crippen LogP contribution in [-0.4, -0.2) is 34.0 Å². The predicted molar refractivity (Wildman–Crippen MR) is 73.3 cm³/mol. The standard InChI is InChI=1S/C14H17FN2O4/c15-12-2-3-13(17(20)21)11(7-12)9-16-6-5-10(8-16)1-4-14(18)19/h2-3,7,10H,1,4-6,8-9H2,(H,18,19). The van der Waals surface area contributed by atoms with Crippen LogP contribution in [-0.2, 0) is 11.3 Å². The Balaban J connectivity index is 1.98. The van der Waals surface area contributed by atoms with E-state index in [4.69, 9.17) is 5.11 Å². The van der Waals surface area contributed by atoms with Gasteiger partial charge < -0.3 is 5.11 Å². The highest BCUT2D eigenvalue weighted by Crippen LogP contribution is 2.26. The molecule has 1 heterocycles. The van der Waals surface area contributed by atoms with Crippen molar-refractivity contribution in [1.82, 2.24) is 4.90 Å². The van der Waals surface area contributed by atoms with Crippen LogP contribution in [0, 0.1) is 21.8 Å². The zero-order valence-corrected chi connectivity index (χ0v) is 11.5. The van der Waals surface area contributed by atoms with Gasteiger partial charge in [0.1, 0.15) is 5.82 Å². The van der Waals surface area contributed by atoms with Crippen LogP contribution in [0.2, 0.25) is 0 Å². The van der Waals surface area contributed by atoms with Crippen molar-refractivity contribution in [3.63, 3.8) is 0 Å². The van der Waals surface area contributed by atoms with Crippen LogP contribution in [0.5, 0.6) is 0 Å². The first-order valence-corrected chi connectivity index (χ1v) is 6.82. The van der Waals surface area contributed by atoms with E-state index in [1.807, 2.05) is 4.90 Å². The predicted octanol–water partition coefficient (Wildman–Crippen LogP) is 2.42. The zero-order chi connectivity index (χ0) is 15.4. The first kappa shape index (κ1) is 15.4. The number of carboxylic acids is 1. The lowest BCUT2D eigenvalue weighted by molar-refractivity contribution is -0.385. The van der Waals surface area contributed by atoms with Crippen molar-refractivity contribution in [2.45, 2.75) is 25.8 Å². The van der Waals surface area contributed by atoms with Crippen molar-refractivity contribution in [2.75, 3.05) is 13.1 Å². The number of rotatable bonds is 6. The maximum Gasteiger partial charge on any atom is 0.303 e. The number of nitro benzene ring substituents is 1. The molecule has 21 heavy (non-hydrogen) atoms. The number of hydrogen-bond acceptors (Lipinski definition) is 4. The number of nitrogens with zero attached hydrogens (tertiary/aromatic N) is 2. The molecule has 7 heteroatoms. The molecule has 1 N–H and O–H groups in total. The third-order valence-electron chi connectivity index (χ3n) is 3.77. The fourth-order valence-corrected chi connectivity index (χ4v) is 2.72. The summed E-state index contributed by atoms with van der Waals surface area (Å²) in [6, 6.07) is 3.46. The van der Waals surface area contributed by atoms with Gasteiger partial charge in [0.05, 0.1) is 4.92 Å². The Hall–Kier alpha value is -2.02. The molecule has 114 valence electrons. The van der Waals surface area contributed by atoms with Gasteiger partial charge in [-0.3, -0.25) is 19.8 Å². The van der Waals surface area contributed by atoms with Crippen LogP contribution < -0.4 is 0 Å². The number of aliphatic carboxylic acids is 1. The molecule has 1 atom stereocenters. The van der Waals surface area contributed by atoms with Gasteiger partial charge in [-0.1, -0.05) is 0 Å². The van der Waals surface area contributed by atoms with Crippen LogP contribution in [0.3, 0.4) is 0 Å². The minimum Gasteiger partial charge on any atom is -0.481 e. The van der Waals surface area contributed by atoms with Crippen molar-refractivity contribution in [3.05, 3.63) is 39.7 Å². The lowest BCUT2D eigenvalue weighted by atomic mass is 10.0. The number of carbonyl (C=O) groups is 1. The number of carboxylic acid groups (broad SMARTS) is 1. The van der Waals surface area contributed by atoms with Gasteiger partial charge in [0.25, 0.3) is 5.69 Å². The number of likely N-dealkylation sites (tertiary alicyclic amines) is 1. The molecule has 6 nitrogen and oxygen atoms in total. The monoisotopic (exact) mass is 296 g/mol. The molecule has 1 aromatic rings. The van der Waals surface area contributed by atoms with Crippen molar-refractivity contribution in [1.29, 1.82) is 0 Å². The van der Waals surface area contributed by atoms with Gasteiger partial charge in [0.15, 0.2) is 0 Å². The number of nitro groups is 1. The van der Waals surface area contributed by atoms with Crippen LogP contribution in [0.15, 0.2) is 18.2 Å². The molecular formula is C14H17FN2O4.